The summed E-state index contributed by atoms with van der Waals surface area (Å²) >= 11 is 0. The first-order valence-electron chi connectivity index (χ1n) is 7.17. The molecule has 1 aliphatic rings. The molecule has 4 heteroatoms. The second kappa shape index (κ2) is 6.64. The average Bonchev–Trinajstić information content (AvgIpc) is 2.91. The monoisotopic (exact) mass is 278 g/mol. The molecule has 0 aliphatic heterocycles. The van der Waals surface area contributed by atoms with Gasteiger partial charge in [0.25, 0.3) is 0 Å². The molecule has 0 heterocycles. The lowest BCUT2D eigenvalue weighted by Gasteiger charge is -2.21. The molecule has 4 nitrogen and oxygen atoms in total. The van der Waals surface area contributed by atoms with Crippen molar-refractivity contribution < 1.29 is 19.4 Å². The van der Waals surface area contributed by atoms with Crippen molar-refractivity contribution in [3.05, 3.63) is 23.8 Å². The minimum atomic E-state index is -0.799. The van der Waals surface area contributed by atoms with Crippen LogP contribution in [0.1, 0.15) is 50.5 Å². The van der Waals surface area contributed by atoms with E-state index in [9.17, 15) is 4.79 Å². The second-order valence-electron chi connectivity index (χ2n) is 5.40. The summed E-state index contributed by atoms with van der Waals surface area (Å²) in [6.07, 6.45) is 4.82. The number of ether oxygens (including phenoxy) is 2. The fourth-order valence-corrected chi connectivity index (χ4v) is 2.75. The summed E-state index contributed by atoms with van der Waals surface area (Å²) in [5, 5.41) is 8.97. The van der Waals surface area contributed by atoms with Crippen LogP contribution in [0.3, 0.4) is 0 Å². The van der Waals surface area contributed by atoms with Gasteiger partial charge in [-0.2, -0.15) is 0 Å². The van der Waals surface area contributed by atoms with Crippen molar-refractivity contribution in [1.82, 2.24) is 0 Å². The molecule has 1 N–H and O–H groups in total. The van der Waals surface area contributed by atoms with Gasteiger partial charge < -0.3 is 14.6 Å². The van der Waals surface area contributed by atoms with Crippen molar-refractivity contribution in [3.8, 4) is 11.5 Å². The maximum Gasteiger partial charge on any atom is 0.303 e. The van der Waals surface area contributed by atoms with Crippen molar-refractivity contribution in [2.24, 2.45) is 0 Å². The Morgan fingerprint density at radius 2 is 2.10 bits per heavy atom. The molecule has 1 atom stereocenters. The smallest absolute Gasteiger partial charge is 0.303 e. The number of hydrogen-bond donors (Lipinski definition) is 1. The van der Waals surface area contributed by atoms with E-state index in [2.05, 4.69) is 0 Å². The van der Waals surface area contributed by atoms with E-state index in [1.807, 2.05) is 25.1 Å². The fraction of sp³-hybridized carbons (Fsp3) is 0.562. The van der Waals surface area contributed by atoms with Crippen LogP contribution in [0, 0.1) is 0 Å². The summed E-state index contributed by atoms with van der Waals surface area (Å²) in [4.78, 5) is 10.9. The highest BCUT2D eigenvalue weighted by Crippen LogP contribution is 2.39. The number of hydrogen-bond acceptors (Lipinski definition) is 3. The van der Waals surface area contributed by atoms with E-state index in [4.69, 9.17) is 14.6 Å². The second-order valence-corrected chi connectivity index (χ2v) is 5.40. The Hall–Kier alpha value is -1.71. The number of carboxylic acid groups (broad SMARTS) is 1. The lowest BCUT2D eigenvalue weighted by atomic mass is 9.96. The Labute approximate surface area is 119 Å². The fourth-order valence-electron chi connectivity index (χ4n) is 2.75. The molecule has 0 amide bonds. The van der Waals surface area contributed by atoms with E-state index in [1.165, 1.54) is 12.8 Å². The quantitative estimate of drug-likeness (QED) is 0.864. The molecule has 0 saturated heterocycles. The lowest BCUT2D eigenvalue weighted by molar-refractivity contribution is -0.137. The molecule has 1 saturated carbocycles. The minimum Gasteiger partial charge on any atom is -0.493 e. The number of benzene rings is 1. The minimum absolute atomic E-state index is 0.0915. The number of carboxylic acids is 1. The van der Waals surface area contributed by atoms with Crippen molar-refractivity contribution in [3.63, 3.8) is 0 Å². The molecule has 0 aromatic heterocycles. The van der Waals surface area contributed by atoms with Crippen LogP contribution in [-0.4, -0.2) is 24.3 Å². The van der Waals surface area contributed by atoms with Crippen LogP contribution >= 0.6 is 0 Å². The molecule has 1 aromatic rings. The summed E-state index contributed by atoms with van der Waals surface area (Å²) < 4.78 is 11.5. The summed E-state index contributed by atoms with van der Waals surface area (Å²) in [6, 6.07) is 5.68. The Kier molecular flexibility index (Phi) is 4.88. The van der Waals surface area contributed by atoms with Crippen LogP contribution in [-0.2, 0) is 4.79 Å². The summed E-state index contributed by atoms with van der Waals surface area (Å²) in [7, 11) is 1.61. The maximum atomic E-state index is 10.9. The first-order valence-corrected chi connectivity index (χ1v) is 7.17. The number of methoxy groups -OCH3 is 1. The highest BCUT2D eigenvalue weighted by Gasteiger charge is 2.23. The van der Waals surface area contributed by atoms with Crippen LogP contribution in [0.25, 0.3) is 0 Å². The van der Waals surface area contributed by atoms with E-state index in [0.29, 0.717) is 5.75 Å². The first-order chi connectivity index (χ1) is 9.61. The highest BCUT2D eigenvalue weighted by atomic mass is 16.5. The number of rotatable bonds is 6. The van der Waals surface area contributed by atoms with Gasteiger partial charge >= 0.3 is 5.97 Å². The molecular weight excluding hydrogens is 256 g/mol. The standard InChI is InChI=1S/C16H22O4/c1-11(10-15(17)18)13-8-5-9-14(19-2)16(13)20-12-6-3-4-7-12/h5,8-9,11-12H,3-4,6-7,10H2,1-2H3,(H,17,18). The largest absolute Gasteiger partial charge is 0.493 e. The predicted molar refractivity (Wildman–Crippen MR) is 76.5 cm³/mol. The summed E-state index contributed by atoms with van der Waals surface area (Å²) in [5.74, 6) is 0.508. The zero-order valence-corrected chi connectivity index (χ0v) is 12.1. The number of para-hydroxylation sites is 1. The third-order valence-corrected chi connectivity index (χ3v) is 3.83. The number of carbonyl (C=O) groups is 1. The van der Waals surface area contributed by atoms with Crippen molar-refractivity contribution in [2.75, 3.05) is 7.11 Å². The van der Waals surface area contributed by atoms with Gasteiger partial charge in [0.05, 0.1) is 19.6 Å². The van der Waals surface area contributed by atoms with Crippen molar-refractivity contribution in [1.29, 1.82) is 0 Å². The van der Waals surface area contributed by atoms with E-state index in [1.54, 1.807) is 7.11 Å². The van der Waals surface area contributed by atoms with E-state index >= 15 is 0 Å². The van der Waals surface area contributed by atoms with Gasteiger partial charge in [0, 0.05) is 5.56 Å². The molecular formula is C16H22O4. The molecule has 110 valence electrons. The van der Waals surface area contributed by atoms with E-state index in [0.717, 1.165) is 24.2 Å². The maximum absolute atomic E-state index is 10.9. The normalized spacial score (nSPS) is 16.9. The molecule has 20 heavy (non-hydrogen) atoms. The van der Waals surface area contributed by atoms with Gasteiger partial charge in [-0.25, -0.2) is 0 Å². The zero-order chi connectivity index (χ0) is 14.5. The van der Waals surface area contributed by atoms with Gasteiger partial charge in [0.2, 0.25) is 0 Å². The summed E-state index contributed by atoms with van der Waals surface area (Å²) in [5.41, 5.74) is 0.915. The van der Waals surface area contributed by atoms with Gasteiger partial charge in [-0.05, 0) is 37.7 Å². The Morgan fingerprint density at radius 3 is 2.70 bits per heavy atom. The summed E-state index contributed by atoms with van der Waals surface area (Å²) in [6.45, 7) is 1.91. The van der Waals surface area contributed by atoms with Crippen LogP contribution in [0.15, 0.2) is 18.2 Å². The third kappa shape index (κ3) is 3.44. The molecule has 1 fully saturated rings. The van der Waals surface area contributed by atoms with Gasteiger partial charge in [-0.1, -0.05) is 19.1 Å². The van der Waals surface area contributed by atoms with Crippen molar-refractivity contribution >= 4 is 5.97 Å². The zero-order valence-electron chi connectivity index (χ0n) is 12.1. The molecule has 0 radical (unpaired) electrons. The van der Waals surface area contributed by atoms with Crippen LogP contribution in [0.2, 0.25) is 0 Å². The van der Waals surface area contributed by atoms with Gasteiger partial charge in [0.15, 0.2) is 11.5 Å². The molecule has 0 bridgehead atoms. The Bertz CT molecular complexity index is 464. The third-order valence-electron chi connectivity index (χ3n) is 3.83. The SMILES string of the molecule is COc1cccc(C(C)CC(=O)O)c1OC1CCCC1. The molecule has 2 rings (SSSR count). The first kappa shape index (κ1) is 14.7. The topological polar surface area (TPSA) is 55.8 Å². The number of aliphatic carboxylic acids is 1. The van der Waals surface area contributed by atoms with Gasteiger partial charge in [0.1, 0.15) is 0 Å². The Balaban J connectivity index is 2.26. The predicted octanol–water partition coefficient (Wildman–Crippen LogP) is 3.59. The lowest BCUT2D eigenvalue weighted by Crippen LogP contribution is -2.14. The Morgan fingerprint density at radius 1 is 1.40 bits per heavy atom. The van der Waals surface area contributed by atoms with Gasteiger partial charge in [-0.15, -0.1) is 0 Å². The molecule has 1 aromatic carbocycles. The molecule has 0 spiro atoms. The van der Waals surface area contributed by atoms with Crippen molar-refractivity contribution in [2.45, 2.75) is 51.0 Å². The van der Waals surface area contributed by atoms with Gasteiger partial charge in [-0.3, -0.25) is 4.79 Å². The van der Waals surface area contributed by atoms with Crippen LogP contribution in [0.5, 0.6) is 11.5 Å². The van der Waals surface area contributed by atoms with Crippen LogP contribution < -0.4 is 9.47 Å². The average molecular weight is 278 g/mol. The van der Waals surface area contributed by atoms with E-state index < -0.39 is 5.97 Å². The highest BCUT2D eigenvalue weighted by molar-refractivity contribution is 5.68. The van der Waals surface area contributed by atoms with Crippen LogP contribution in [0.4, 0.5) is 0 Å². The molecule has 1 unspecified atom stereocenters. The molecule has 1 aliphatic carbocycles. The van der Waals surface area contributed by atoms with E-state index in [-0.39, 0.29) is 18.4 Å².